The Morgan fingerprint density at radius 2 is 0.450 bits per heavy atom. The van der Waals surface area contributed by atoms with Gasteiger partial charge in [-0.25, -0.2) is 0 Å². The van der Waals surface area contributed by atoms with Crippen molar-refractivity contribution >= 4 is 29.7 Å². The number of aliphatic carboxylic acids is 4. The number of hydrogen-bond acceptors (Lipinski definition) is 5. The van der Waals surface area contributed by atoms with Gasteiger partial charge < -0.3 is 25.2 Å². The van der Waals surface area contributed by atoms with Crippen LogP contribution >= 0.6 is 0 Å². The highest BCUT2D eigenvalue weighted by Crippen LogP contribution is 1.50. The maximum Gasteiger partial charge on any atom is 0.300 e. The van der Waals surface area contributed by atoms with Crippen LogP contribution in [-0.4, -0.2) is 50.1 Å². The van der Waals surface area contributed by atoms with E-state index in [1.165, 1.54) is 13.8 Å². The molecule has 0 aromatic heterocycles. The predicted octanol–water partition coefficient (Wildman–Crippen LogP) is 0.959. The van der Waals surface area contributed by atoms with Crippen LogP contribution in [0.4, 0.5) is 0 Å². The molecule has 0 bridgehead atoms. The van der Waals surface area contributed by atoms with Gasteiger partial charge >= 0.3 is 0 Å². The molecule has 0 rings (SSSR count). The van der Waals surface area contributed by atoms with Crippen molar-refractivity contribution in [3.05, 3.63) is 0 Å². The minimum atomic E-state index is -0.833. The summed E-state index contributed by atoms with van der Waals surface area (Å²) in [4.78, 5) is 45.4. The minimum Gasteiger partial charge on any atom is -0.481 e. The lowest BCUT2D eigenvalue weighted by Gasteiger charge is -1.59. The molecule has 0 aliphatic heterocycles. The summed E-state index contributed by atoms with van der Waals surface area (Å²) in [6.45, 7) is 7.39. The summed E-state index contributed by atoms with van der Waals surface area (Å²) in [5.74, 6) is -3.17. The third kappa shape index (κ3) is 548. The monoisotopic (exact) mass is 298 g/mol. The zero-order valence-corrected chi connectivity index (χ0v) is 12.3. The van der Waals surface area contributed by atoms with Gasteiger partial charge in [0.25, 0.3) is 23.9 Å². The van der Waals surface area contributed by atoms with Gasteiger partial charge in [-0.15, -0.1) is 0 Å². The van der Waals surface area contributed by atoms with Crippen LogP contribution in [0.15, 0.2) is 0 Å². The summed E-state index contributed by atoms with van der Waals surface area (Å²) in [6, 6.07) is 0. The van der Waals surface area contributed by atoms with Crippen molar-refractivity contribution in [2.24, 2.45) is 0 Å². The molecule has 0 spiro atoms. The number of ketones is 1. The van der Waals surface area contributed by atoms with Crippen molar-refractivity contribution in [3.8, 4) is 0 Å². The fourth-order valence-electron chi connectivity index (χ4n) is 0. The van der Waals surface area contributed by atoms with Crippen molar-refractivity contribution in [1.82, 2.24) is 0 Å². The van der Waals surface area contributed by atoms with Crippen LogP contribution in [0.25, 0.3) is 0 Å². The fourth-order valence-corrected chi connectivity index (χ4v) is 0. The second kappa shape index (κ2) is 25.4. The molecule has 20 heavy (non-hydrogen) atoms. The summed E-state index contributed by atoms with van der Waals surface area (Å²) in [6.07, 6.45) is 0. The lowest BCUT2D eigenvalue weighted by molar-refractivity contribution is -0.135. The number of Topliss-reactive ketones (excluding diaryl/α,β-unsaturated/α-hetero) is 1. The van der Waals surface area contributed by atoms with E-state index in [2.05, 4.69) is 0 Å². The lowest BCUT2D eigenvalue weighted by Crippen LogP contribution is -1.78. The van der Waals surface area contributed by atoms with E-state index < -0.39 is 23.9 Å². The summed E-state index contributed by atoms with van der Waals surface area (Å²) >= 11 is 0. The van der Waals surface area contributed by atoms with E-state index >= 15 is 0 Å². The number of carboxylic acids is 4. The SMILES string of the molecule is CC(=O)O.CC(=O)O.CC(=O)O.CC(=O)O.CC(C)=O. The fraction of sp³-hybridized carbons (Fsp3) is 0.545. The molecule has 0 saturated heterocycles. The molecule has 0 saturated carbocycles. The average Bonchev–Trinajstić information content (AvgIpc) is 1.94. The summed E-state index contributed by atoms with van der Waals surface area (Å²) in [5, 5.41) is 29.7. The minimum absolute atomic E-state index is 0.167. The first-order valence-corrected chi connectivity index (χ1v) is 4.92. The van der Waals surface area contributed by atoms with Gasteiger partial charge in [0.2, 0.25) is 0 Å². The third-order valence-corrected chi connectivity index (χ3v) is 0. The average molecular weight is 298 g/mol. The molecule has 0 aliphatic rings. The predicted molar refractivity (Wildman–Crippen MR) is 69.6 cm³/mol. The van der Waals surface area contributed by atoms with Crippen LogP contribution in [-0.2, 0) is 24.0 Å². The van der Waals surface area contributed by atoms with Gasteiger partial charge in [-0.1, -0.05) is 0 Å². The molecule has 0 fully saturated rings. The van der Waals surface area contributed by atoms with Crippen LogP contribution in [0.3, 0.4) is 0 Å². The zero-order valence-electron chi connectivity index (χ0n) is 12.3. The van der Waals surface area contributed by atoms with Gasteiger partial charge in [0.1, 0.15) is 5.78 Å². The Bertz CT molecular complexity index is 205. The molecule has 9 nitrogen and oxygen atoms in total. The normalized spacial score (nSPS) is 6.30. The topological polar surface area (TPSA) is 166 Å². The quantitative estimate of drug-likeness (QED) is 0.509. The zero-order chi connectivity index (χ0) is 17.9. The van der Waals surface area contributed by atoms with Gasteiger partial charge in [0, 0.05) is 27.7 Å². The van der Waals surface area contributed by atoms with Crippen LogP contribution in [0.5, 0.6) is 0 Å². The maximum atomic E-state index is 9.44. The van der Waals surface area contributed by atoms with Crippen molar-refractivity contribution in [2.75, 3.05) is 0 Å². The number of carbonyl (C=O) groups excluding carboxylic acids is 1. The Hall–Kier alpha value is -2.45. The maximum absolute atomic E-state index is 9.44. The Balaban J connectivity index is -0.0000000469. The van der Waals surface area contributed by atoms with Gasteiger partial charge in [-0.05, 0) is 13.8 Å². The van der Waals surface area contributed by atoms with Crippen LogP contribution < -0.4 is 0 Å². The molecule has 120 valence electrons. The van der Waals surface area contributed by atoms with Crippen molar-refractivity contribution in [2.45, 2.75) is 41.5 Å². The highest BCUT2D eigenvalue weighted by Gasteiger charge is 1.66. The second-order valence-corrected chi connectivity index (χ2v) is 2.98. The van der Waals surface area contributed by atoms with E-state index in [-0.39, 0.29) is 5.78 Å². The highest BCUT2D eigenvalue weighted by molar-refractivity contribution is 5.72. The van der Waals surface area contributed by atoms with Gasteiger partial charge in [-0.3, -0.25) is 19.2 Å². The van der Waals surface area contributed by atoms with Gasteiger partial charge in [0.15, 0.2) is 0 Å². The number of hydrogen-bond donors (Lipinski definition) is 4. The first kappa shape index (κ1) is 30.5. The Morgan fingerprint density at radius 3 is 0.450 bits per heavy atom. The number of carboxylic acid groups (broad SMARTS) is 4. The van der Waals surface area contributed by atoms with E-state index in [0.717, 1.165) is 27.7 Å². The number of rotatable bonds is 0. The molecule has 0 aliphatic carbocycles. The molecular weight excluding hydrogens is 276 g/mol. The second-order valence-electron chi connectivity index (χ2n) is 2.98. The molecule has 0 unspecified atom stereocenters. The largest absolute Gasteiger partial charge is 0.481 e. The smallest absolute Gasteiger partial charge is 0.300 e. The first-order valence-electron chi connectivity index (χ1n) is 4.92. The highest BCUT2D eigenvalue weighted by atomic mass is 16.4. The van der Waals surface area contributed by atoms with Gasteiger partial charge in [-0.2, -0.15) is 0 Å². The third-order valence-electron chi connectivity index (χ3n) is 0. The molecule has 0 heterocycles. The summed E-state index contributed by atoms with van der Waals surface area (Å²) in [5.41, 5.74) is 0. The molecule has 0 amide bonds. The number of carbonyl (C=O) groups is 5. The lowest BCUT2D eigenvalue weighted by atomic mass is 10.6. The van der Waals surface area contributed by atoms with E-state index in [9.17, 15) is 4.79 Å². The van der Waals surface area contributed by atoms with Crippen LogP contribution in [0, 0.1) is 0 Å². The van der Waals surface area contributed by atoms with Crippen molar-refractivity contribution in [3.63, 3.8) is 0 Å². The standard InChI is InChI=1S/C3H6O.4C2H4O2/c1-3(2)4;4*1-2(3)4/h1-2H3;4*1H3,(H,3,4). The van der Waals surface area contributed by atoms with Crippen molar-refractivity contribution in [1.29, 1.82) is 0 Å². The molecule has 9 heteroatoms. The molecule has 0 aromatic carbocycles. The van der Waals surface area contributed by atoms with E-state index in [1.54, 1.807) is 0 Å². The summed E-state index contributed by atoms with van der Waals surface area (Å²) in [7, 11) is 0. The van der Waals surface area contributed by atoms with E-state index in [4.69, 9.17) is 39.6 Å². The van der Waals surface area contributed by atoms with E-state index in [1.807, 2.05) is 0 Å². The molecular formula is C11H22O9. The Morgan fingerprint density at radius 1 is 0.450 bits per heavy atom. The van der Waals surface area contributed by atoms with Gasteiger partial charge in [0.05, 0.1) is 0 Å². The van der Waals surface area contributed by atoms with E-state index in [0.29, 0.717) is 0 Å². The molecule has 0 radical (unpaired) electrons. The first-order chi connectivity index (χ1) is 8.66. The van der Waals surface area contributed by atoms with Crippen LogP contribution in [0.2, 0.25) is 0 Å². The van der Waals surface area contributed by atoms with Crippen LogP contribution in [0.1, 0.15) is 41.5 Å². The molecule has 0 aromatic rings. The summed E-state index contributed by atoms with van der Waals surface area (Å²) < 4.78 is 0. The van der Waals surface area contributed by atoms with Crippen molar-refractivity contribution < 1.29 is 44.4 Å². The Labute approximate surface area is 116 Å². The molecule has 0 atom stereocenters. The molecule has 4 N–H and O–H groups in total. The Kier molecular flexibility index (Phi) is 38.8.